The molecule has 0 saturated heterocycles. The van der Waals surface area contributed by atoms with E-state index >= 15 is 0 Å². The summed E-state index contributed by atoms with van der Waals surface area (Å²) in [5.41, 5.74) is 1.87. The number of hydrogen-bond donors (Lipinski definition) is 1. The molecule has 0 aromatic heterocycles. The zero-order chi connectivity index (χ0) is 12.8. The fourth-order valence-electron chi connectivity index (χ4n) is 1.78. The molecule has 1 aliphatic rings. The Morgan fingerprint density at radius 2 is 2.18 bits per heavy atom. The van der Waals surface area contributed by atoms with Gasteiger partial charge in [0.25, 0.3) is 0 Å². The van der Waals surface area contributed by atoms with Gasteiger partial charge < -0.3 is 15.0 Å². The Kier molecular flexibility index (Phi) is 5.29. The molecule has 1 aliphatic carbocycles. The highest BCUT2D eigenvalue weighted by atomic mass is 16.5. The molecule has 1 rings (SSSR count). The summed E-state index contributed by atoms with van der Waals surface area (Å²) in [5.74, 6) is 0.724. The molecule has 0 heterocycles. The van der Waals surface area contributed by atoms with Crippen molar-refractivity contribution in [3.63, 3.8) is 0 Å². The Morgan fingerprint density at radius 3 is 2.65 bits per heavy atom. The lowest BCUT2D eigenvalue weighted by molar-refractivity contribution is 0.122. The monoisotopic (exact) mass is 236 g/mol. The molecular weight excluding hydrogens is 212 g/mol. The van der Waals surface area contributed by atoms with Crippen LogP contribution in [-0.2, 0) is 4.74 Å². The average molecular weight is 236 g/mol. The molecule has 0 aromatic rings. The van der Waals surface area contributed by atoms with Crippen LogP contribution in [0.3, 0.4) is 0 Å². The second-order valence-corrected chi connectivity index (χ2v) is 4.80. The number of rotatable bonds is 8. The van der Waals surface area contributed by atoms with Gasteiger partial charge in [-0.05, 0) is 38.0 Å². The van der Waals surface area contributed by atoms with Gasteiger partial charge in [0.2, 0.25) is 0 Å². The fraction of sp³-hybridized carbons (Fsp3) is 0.571. The molecule has 0 aromatic carbocycles. The van der Waals surface area contributed by atoms with Gasteiger partial charge in [-0.15, -0.1) is 0 Å². The summed E-state index contributed by atoms with van der Waals surface area (Å²) in [7, 11) is 3.80. The summed E-state index contributed by atoms with van der Waals surface area (Å²) in [6.45, 7) is 10.4. The molecule has 1 N–H and O–H groups in total. The van der Waals surface area contributed by atoms with Crippen molar-refractivity contribution in [1.29, 1.82) is 0 Å². The first kappa shape index (κ1) is 13.8. The molecule has 17 heavy (non-hydrogen) atoms. The van der Waals surface area contributed by atoms with E-state index in [-0.39, 0.29) is 6.10 Å². The van der Waals surface area contributed by atoms with Crippen molar-refractivity contribution in [2.75, 3.05) is 20.7 Å². The summed E-state index contributed by atoms with van der Waals surface area (Å²) in [6.07, 6.45) is 7.04. The Balaban J connectivity index is 2.31. The third kappa shape index (κ3) is 5.59. The van der Waals surface area contributed by atoms with Crippen LogP contribution >= 0.6 is 0 Å². The summed E-state index contributed by atoms with van der Waals surface area (Å²) in [6, 6.07) is 0. The summed E-state index contributed by atoms with van der Waals surface area (Å²) < 4.78 is 5.43. The first-order valence-electron chi connectivity index (χ1n) is 6.04. The highest BCUT2D eigenvalue weighted by Gasteiger charge is 2.29. The van der Waals surface area contributed by atoms with Gasteiger partial charge in [-0.2, -0.15) is 0 Å². The Bertz CT molecular complexity index is 305. The maximum absolute atomic E-state index is 5.43. The molecule has 0 bridgehead atoms. The van der Waals surface area contributed by atoms with Crippen LogP contribution in [-0.4, -0.2) is 31.7 Å². The minimum absolute atomic E-state index is 0.264. The van der Waals surface area contributed by atoms with Crippen molar-refractivity contribution in [2.45, 2.75) is 25.9 Å². The van der Waals surface area contributed by atoms with E-state index < -0.39 is 0 Å². The Hall–Kier alpha value is -1.22. The molecule has 1 fully saturated rings. The zero-order valence-electron chi connectivity index (χ0n) is 11.2. The van der Waals surface area contributed by atoms with Crippen molar-refractivity contribution < 1.29 is 4.74 Å². The third-order valence-electron chi connectivity index (χ3n) is 2.72. The largest absolute Gasteiger partial charge is 0.377 e. The predicted octanol–water partition coefficient (Wildman–Crippen LogP) is 2.49. The van der Waals surface area contributed by atoms with E-state index in [1.165, 1.54) is 12.8 Å². The predicted molar refractivity (Wildman–Crippen MR) is 72.4 cm³/mol. The van der Waals surface area contributed by atoms with Crippen molar-refractivity contribution in [3.8, 4) is 0 Å². The second-order valence-electron chi connectivity index (χ2n) is 4.80. The van der Waals surface area contributed by atoms with Crippen molar-refractivity contribution in [3.05, 3.63) is 36.8 Å². The van der Waals surface area contributed by atoms with Crippen molar-refractivity contribution in [1.82, 2.24) is 10.2 Å². The number of hydrogen-bond acceptors (Lipinski definition) is 3. The molecule has 1 unspecified atom stereocenters. The highest BCUT2D eigenvalue weighted by Crippen LogP contribution is 2.34. The Morgan fingerprint density at radius 1 is 1.53 bits per heavy atom. The summed E-state index contributed by atoms with van der Waals surface area (Å²) in [5, 5.41) is 3.11. The SMILES string of the molecule is C=C(C)NC(=C)CN(C)/C=C/C(OC)C1CC1. The third-order valence-corrected chi connectivity index (χ3v) is 2.72. The lowest BCUT2D eigenvalue weighted by Crippen LogP contribution is -2.22. The van der Waals surface area contributed by atoms with Crippen molar-refractivity contribution in [2.24, 2.45) is 5.92 Å². The average Bonchev–Trinajstić information content (AvgIpc) is 3.01. The van der Waals surface area contributed by atoms with E-state index in [0.717, 1.165) is 23.9 Å². The van der Waals surface area contributed by atoms with Gasteiger partial charge in [-0.1, -0.05) is 13.2 Å². The minimum atomic E-state index is 0.264. The van der Waals surface area contributed by atoms with Gasteiger partial charge in [0.1, 0.15) is 0 Å². The van der Waals surface area contributed by atoms with Gasteiger partial charge in [0, 0.05) is 25.6 Å². The number of ether oxygens (including phenoxy) is 1. The number of nitrogens with one attached hydrogen (secondary N) is 1. The first-order chi connectivity index (χ1) is 8.02. The van der Waals surface area contributed by atoms with Gasteiger partial charge in [0.15, 0.2) is 0 Å². The smallest absolute Gasteiger partial charge is 0.0797 e. The number of allylic oxidation sites excluding steroid dienone is 1. The van der Waals surface area contributed by atoms with E-state index in [1.54, 1.807) is 7.11 Å². The van der Waals surface area contributed by atoms with Crippen LogP contribution in [0.25, 0.3) is 0 Å². The molecule has 3 heteroatoms. The molecule has 1 saturated carbocycles. The number of methoxy groups -OCH3 is 1. The Labute approximate surface area is 105 Å². The fourth-order valence-corrected chi connectivity index (χ4v) is 1.78. The molecule has 3 nitrogen and oxygen atoms in total. The van der Waals surface area contributed by atoms with E-state index in [4.69, 9.17) is 4.74 Å². The van der Waals surface area contributed by atoms with Gasteiger partial charge >= 0.3 is 0 Å². The number of nitrogens with zero attached hydrogens (tertiary/aromatic N) is 1. The lowest BCUT2D eigenvalue weighted by atomic mass is 10.2. The standard InChI is InChI=1S/C14H24N2O/c1-11(2)15-12(3)10-16(4)9-8-14(17-5)13-6-7-13/h8-9,13-15H,1,3,6-7,10H2,2,4-5H3/b9-8+. The van der Waals surface area contributed by atoms with E-state index in [9.17, 15) is 0 Å². The van der Waals surface area contributed by atoms with E-state index in [2.05, 4.69) is 35.7 Å². The van der Waals surface area contributed by atoms with Crippen LogP contribution in [0, 0.1) is 5.92 Å². The van der Waals surface area contributed by atoms with Crippen LogP contribution in [0.2, 0.25) is 0 Å². The first-order valence-corrected chi connectivity index (χ1v) is 6.04. The molecular formula is C14H24N2O. The number of likely N-dealkylation sites (N-methyl/N-ethyl adjacent to an activating group) is 1. The molecule has 0 amide bonds. The quantitative estimate of drug-likeness (QED) is 0.701. The highest BCUT2D eigenvalue weighted by molar-refractivity contribution is 5.05. The molecule has 0 spiro atoms. The molecule has 0 aliphatic heterocycles. The summed E-state index contributed by atoms with van der Waals surface area (Å²) >= 11 is 0. The zero-order valence-corrected chi connectivity index (χ0v) is 11.2. The normalized spacial score (nSPS) is 16.9. The van der Waals surface area contributed by atoms with Crippen LogP contribution < -0.4 is 5.32 Å². The maximum Gasteiger partial charge on any atom is 0.0797 e. The van der Waals surface area contributed by atoms with E-state index in [1.807, 2.05) is 14.0 Å². The van der Waals surface area contributed by atoms with Gasteiger partial charge in [0.05, 0.1) is 12.6 Å². The van der Waals surface area contributed by atoms with Gasteiger partial charge in [-0.25, -0.2) is 0 Å². The molecule has 0 radical (unpaired) electrons. The van der Waals surface area contributed by atoms with Gasteiger partial charge in [-0.3, -0.25) is 0 Å². The maximum atomic E-state index is 5.43. The van der Waals surface area contributed by atoms with Crippen molar-refractivity contribution >= 4 is 0 Å². The second kappa shape index (κ2) is 6.50. The topological polar surface area (TPSA) is 24.5 Å². The van der Waals surface area contributed by atoms with Crippen LogP contribution in [0.5, 0.6) is 0 Å². The minimum Gasteiger partial charge on any atom is -0.377 e. The molecule has 1 atom stereocenters. The summed E-state index contributed by atoms with van der Waals surface area (Å²) in [4.78, 5) is 2.09. The van der Waals surface area contributed by atoms with Crippen LogP contribution in [0.1, 0.15) is 19.8 Å². The van der Waals surface area contributed by atoms with E-state index in [0.29, 0.717) is 0 Å². The molecule has 96 valence electrons. The lowest BCUT2D eigenvalue weighted by Gasteiger charge is -2.18. The van der Waals surface area contributed by atoms with Crippen LogP contribution in [0.4, 0.5) is 0 Å². The van der Waals surface area contributed by atoms with Crippen LogP contribution in [0.15, 0.2) is 36.8 Å².